The fraction of sp³-hybridized carbons (Fsp3) is 0.182. The quantitative estimate of drug-likeness (QED) is 0.924. The molecule has 0 spiro atoms. The van der Waals surface area contributed by atoms with Gasteiger partial charge >= 0.3 is 0 Å². The number of nitrogens with two attached hydrogens (primary N) is 1. The van der Waals surface area contributed by atoms with E-state index < -0.39 is 0 Å². The fourth-order valence-electron chi connectivity index (χ4n) is 1.66. The largest absolute Gasteiger partial charge is 0.329 e. The molecule has 2 rings (SSSR count). The van der Waals surface area contributed by atoms with Crippen molar-refractivity contribution in [1.29, 1.82) is 0 Å². The van der Waals surface area contributed by atoms with Gasteiger partial charge in [-0.25, -0.2) is 9.37 Å². The zero-order valence-electron chi connectivity index (χ0n) is 9.04. The van der Waals surface area contributed by atoms with Crippen LogP contribution in [0.25, 0.3) is 11.3 Å². The lowest BCUT2D eigenvalue weighted by atomic mass is 10.1. The molecule has 2 N–H and O–H groups in total. The highest BCUT2D eigenvalue weighted by Gasteiger charge is 2.17. The van der Waals surface area contributed by atoms with E-state index in [2.05, 4.69) is 20.9 Å². The molecular weight excluding hydrogens is 308 g/mol. The topological polar surface area (TPSA) is 43.8 Å². The average molecular weight is 319 g/mol. The number of benzene rings is 1. The minimum Gasteiger partial charge on any atom is -0.329 e. The number of nitrogens with zero attached hydrogens (tertiary/aromatic N) is 2. The normalized spacial score (nSPS) is 10.9. The second-order valence-corrected chi connectivity index (χ2v) is 4.83. The molecule has 0 aliphatic heterocycles. The standard InChI is InChI=1S/C11H10BrClFN3/c1-17-9(5-15)16-11(13)10(17)7-4-6(12)2-3-8(7)14/h2-4H,5,15H2,1H3. The maximum atomic E-state index is 13.8. The third kappa shape index (κ3) is 2.22. The predicted octanol–water partition coefficient (Wildman–Crippen LogP) is 3.10. The van der Waals surface area contributed by atoms with Crippen LogP contribution in [-0.2, 0) is 13.6 Å². The Morgan fingerprint density at radius 3 is 2.82 bits per heavy atom. The fourth-order valence-corrected chi connectivity index (χ4v) is 2.35. The molecule has 2 aromatic rings. The van der Waals surface area contributed by atoms with Gasteiger partial charge in [0, 0.05) is 17.1 Å². The molecule has 0 saturated carbocycles. The highest BCUT2D eigenvalue weighted by atomic mass is 79.9. The van der Waals surface area contributed by atoms with Gasteiger partial charge in [0.05, 0.1) is 12.2 Å². The Kier molecular flexibility index (Phi) is 3.51. The second-order valence-electron chi connectivity index (χ2n) is 3.55. The summed E-state index contributed by atoms with van der Waals surface area (Å²) < 4.78 is 16.3. The Morgan fingerprint density at radius 1 is 1.53 bits per heavy atom. The van der Waals surface area contributed by atoms with Crippen molar-refractivity contribution < 1.29 is 4.39 Å². The summed E-state index contributed by atoms with van der Waals surface area (Å²) in [6, 6.07) is 4.68. The highest BCUT2D eigenvalue weighted by molar-refractivity contribution is 9.10. The van der Waals surface area contributed by atoms with Crippen LogP contribution < -0.4 is 5.73 Å². The van der Waals surface area contributed by atoms with Gasteiger partial charge in [0.2, 0.25) is 0 Å². The van der Waals surface area contributed by atoms with Crippen LogP contribution in [0.15, 0.2) is 22.7 Å². The SMILES string of the molecule is Cn1c(CN)nc(Cl)c1-c1cc(Br)ccc1F. The van der Waals surface area contributed by atoms with Gasteiger partial charge in [-0.3, -0.25) is 0 Å². The molecule has 6 heteroatoms. The molecule has 1 aromatic heterocycles. The summed E-state index contributed by atoms with van der Waals surface area (Å²) in [6.07, 6.45) is 0. The summed E-state index contributed by atoms with van der Waals surface area (Å²) in [5.41, 5.74) is 6.47. The molecule has 0 atom stereocenters. The van der Waals surface area contributed by atoms with Crippen molar-refractivity contribution in [2.75, 3.05) is 0 Å². The number of hydrogen-bond donors (Lipinski definition) is 1. The van der Waals surface area contributed by atoms with Gasteiger partial charge in [0.1, 0.15) is 11.6 Å². The van der Waals surface area contributed by atoms with Gasteiger partial charge in [-0.1, -0.05) is 27.5 Å². The first-order valence-corrected chi connectivity index (χ1v) is 6.08. The summed E-state index contributed by atoms with van der Waals surface area (Å²) in [6.45, 7) is 0.256. The van der Waals surface area contributed by atoms with Crippen LogP contribution >= 0.6 is 27.5 Å². The molecular formula is C11H10BrClFN3. The van der Waals surface area contributed by atoms with Crippen molar-refractivity contribution in [2.24, 2.45) is 12.8 Å². The number of rotatable bonds is 2. The zero-order valence-corrected chi connectivity index (χ0v) is 11.4. The Bertz CT molecular complexity index is 568. The zero-order chi connectivity index (χ0) is 12.6. The van der Waals surface area contributed by atoms with E-state index in [9.17, 15) is 4.39 Å². The maximum absolute atomic E-state index is 13.8. The summed E-state index contributed by atoms with van der Waals surface area (Å²) >= 11 is 9.32. The van der Waals surface area contributed by atoms with Gasteiger partial charge in [0.25, 0.3) is 0 Å². The van der Waals surface area contributed by atoms with Gasteiger partial charge in [0.15, 0.2) is 5.15 Å². The summed E-state index contributed by atoms with van der Waals surface area (Å²) in [5.74, 6) is 0.269. The molecule has 0 bridgehead atoms. The molecule has 1 aromatic carbocycles. The van der Waals surface area contributed by atoms with Gasteiger partial charge in [-0.2, -0.15) is 0 Å². The monoisotopic (exact) mass is 317 g/mol. The van der Waals surface area contributed by atoms with E-state index in [0.717, 1.165) is 4.47 Å². The van der Waals surface area contributed by atoms with E-state index in [0.29, 0.717) is 17.1 Å². The third-order valence-electron chi connectivity index (χ3n) is 2.51. The molecule has 0 radical (unpaired) electrons. The first kappa shape index (κ1) is 12.5. The number of aromatic nitrogens is 2. The van der Waals surface area contributed by atoms with E-state index in [1.807, 2.05) is 0 Å². The molecule has 0 aliphatic carbocycles. The Hall–Kier alpha value is -0.910. The van der Waals surface area contributed by atoms with Crippen molar-refractivity contribution in [3.8, 4) is 11.3 Å². The number of hydrogen-bond acceptors (Lipinski definition) is 2. The second kappa shape index (κ2) is 4.76. The molecule has 0 saturated heterocycles. The molecule has 3 nitrogen and oxygen atoms in total. The van der Waals surface area contributed by atoms with Crippen molar-refractivity contribution in [3.63, 3.8) is 0 Å². The first-order chi connectivity index (χ1) is 8.04. The van der Waals surface area contributed by atoms with Gasteiger partial charge in [-0.15, -0.1) is 0 Å². The van der Waals surface area contributed by atoms with Gasteiger partial charge in [-0.05, 0) is 18.2 Å². The summed E-state index contributed by atoms with van der Waals surface area (Å²) in [7, 11) is 1.76. The van der Waals surface area contributed by atoms with Crippen LogP contribution in [-0.4, -0.2) is 9.55 Å². The van der Waals surface area contributed by atoms with Crippen LogP contribution in [0.4, 0.5) is 4.39 Å². The van der Waals surface area contributed by atoms with Crippen LogP contribution in [0.5, 0.6) is 0 Å². The lowest BCUT2D eigenvalue weighted by molar-refractivity contribution is 0.629. The molecule has 0 amide bonds. The summed E-state index contributed by atoms with van der Waals surface area (Å²) in [4.78, 5) is 4.10. The van der Waals surface area contributed by atoms with E-state index in [1.54, 1.807) is 23.7 Å². The predicted molar refractivity (Wildman–Crippen MR) is 69.2 cm³/mol. The van der Waals surface area contributed by atoms with Crippen LogP contribution in [0.2, 0.25) is 5.15 Å². The Balaban J connectivity index is 2.68. The molecule has 90 valence electrons. The highest BCUT2D eigenvalue weighted by Crippen LogP contribution is 2.31. The molecule has 1 heterocycles. The van der Waals surface area contributed by atoms with E-state index >= 15 is 0 Å². The molecule has 0 aliphatic rings. The molecule has 0 fully saturated rings. The molecule has 0 unspecified atom stereocenters. The minimum atomic E-state index is -0.346. The van der Waals surface area contributed by atoms with Crippen LogP contribution in [0.1, 0.15) is 5.82 Å². The maximum Gasteiger partial charge on any atom is 0.155 e. The summed E-state index contributed by atoms with van der Waals surface area (Å²) in [5, 5.41) is 0.255. The average Bonchev–Trinajstić information content (AvgIpc) is 2.58. The first-order valence-electron chi connectivity index (χ1n) is 4.91. The Morgan fingerprint density at radius 2 is 2.24 bits per heavy atom. The van der Waals surface area contributed by atoms with E-state index in [-0.39, 0.29) is 17.5 Å². The molecule has 17 heavy (non-hydrogen) atoms. The van der Waals surface area contributed by atoms with Crippen molar-refractivity contribution >= 4 is 27.5 Å². The lowest BCUT2D eigenvalue weighted by Gasteiger charge is -2.07. The Labute approximate surface area is 112 Å². The van der Waals surface area contributed by atoms with Crippen molar-refractivity contribution in [1.82, 2.24) is 9.55 Å². The van der Waals surface area contributed by atoms with Gasteiger partial charge < -0.3 is 10.3 Å². The van der Waals surface area contributed by atoms with E-state index in [4.69, 9.17) is 17.3 Å². The van der Waals surface area contributed by atoms with E-state index in [1.165, 1.54) is 6.07 Å². The van der Waals surface area contributed by atoms with Crippen LogP contribution in [0.3, 0.4) is 0 Å². The van der Waals surface area contributed by atoms with Crippen LogP contribution in [0, 0.1) is 5.82 Å². The number of imidazole rings is 1. The smallest absolute Gasteiger partial charge is 0.155 e. The third-order valence-corrected chi connectivity index (χ3v) is 3.27. The number of halogens is 3. The van der Waals surface area contributed by atoms with Crippen molar-refractivity contribution in [2.45, 2.75) is 6.54 Å². The minimum absolute atomic E-state index is 0.255. The van der Waals surface area contributed by atoms with Crippen molar-refractivity contribution in [3.05, 3.63) is 39.5 Å². The lowest BCUT2D eigenvalue weighted by Crippen LogP contribution is -2.05.